The first kappa shape index (κ1) is 21.6. The Balaban J connectivity index is 1.40. The third-order valence-corrected chi connectivity index (χ3v) is 6.02. The second-order valence-electron chi connectivity index (χ2n) is 8.19. The van der Waals surface area contributed by atoms with E-state index in [1.165, 1.54) is 6.07 Å². The highest BCUT2D eigenvalue weighted by molar-refractivity contribution is 5.80. The summed E-state index contributed by atoms with van der Waals surface area (Å²) in [5, 5.41) is 6.58. The van der Waals surface area contributed by atoms with Crippen LogP contribution in [0.4, 0.5) is 14.5 Å². The van der Waals surface area contributed by atoms with Crippen LogP contribution in [0.3, 0.4) is 0 Å². The molecule has 1 saturated heterocycles. The van der Waals surface area contributed by atoms with Crippen LogP contribution in [0.15, 0.2) is 47.5 Å². The number of morpholine rings is 1. The molecule has 2 aromatic rings. The number of guanidine groups is 1. The standard InChI is InChI=1S/C24H30F2N4O/c1-2-27-23(29-17-24(9-10-24)19-5-3-4-6-20(19)25)28-16-18-7-8-22(21(26)15-18)30-11-13-31-14-12-30/h3-8,15H,2,9-14,16-17H2,1H3,(H2,27,28,29). The molecular formula is C24H30F2N4O. The molecule has 2 aromatic carbocycles. The predicted molar refractivity (Wildman–Crippen MR) is 120 cm³/mol. The topological polar surface area (TPSA) is 48.9 Å². The van der Waals surface area contributed by atoms with Crippen molar-refractivity contribution in [2.45, 2.75) is 31.7 Å². The Labute approximate surface area is 182 Å². The van der Waals surface area contributed by atoms with Gasteiger partial charge in [0.05, 0.1) is 25.4 Å². The van der Waals surface area contributed by atoms with Gasteiger partial charge in [-0.1, -0.05) is 24.3 Å². The van der Waals surface area contributed by atoms with Gasteiger partial charge < -0.3 is 20.3 Å². The van der Waals surface area contributed by atoms with Crippen molar-refractivity contribution in [2.75, 3.05) is 44.3 Å². The molecule has 0 spiro atoms. The number of ether oxygens (including phenoxy) is 1. The third-order valence-electron chi connectivity index (χ3n) is 6.02. The zero-order valence-corrected chi connectivity index (χ0v) is 18.0. The largest absolute Gasteiger partial charge is 0.378 e. The smallest absolute Gasteiger partial charge is 0.191 e. The maximum Gasteiger partial charge on any atom is 0.191 e. The van der Waals surface area contributed by atoms with E-state index in [1.54, 1.807) is 12.1 Å². The molecule has 2 aliphatic rings. The fourth-order valence-electron chi connectivity index (χ4n) is 4.06. The van der Waals surface area contributed by atoms with Crippen molar-refractivity contribution < 1.29 is 13.5 Å². The molecule has 1 saturated carbocycles. The molecule has 2 fully saturated rings. The number of benzene rings is 2. The summed E-state index contributed by atoms with van der Waals surface area (Å²) in [6, 6.07) is 12.3. The number of rotatable bonds is 7. The van der Waals surface area contributed by atoms with Gasteiger partial charge >= 0.3 is 0 Å². The quantitative estimate of drug-likeness (QED) is 0.523. The van der Waals surface area contributed by atoms with Crippen molar-refractivity contribution in [3.8, 4) is 0 Å². The molecule has 0 radical (unpaired) electrons. The molecule has 0 aromatic heterocycles. The molecule has 4 rings (SSSR count). The average Bonchev–Trinajstić information content (AvgIpc) is 3.57. The van der Waals surface area contributed by atoms with Crippen LogP contribution in [0.2, 0.25) is 0 Å². The fraction of sp³-hybridized carbons (Fsp3) is 0.458. The monoisotopic (exact) mass is 428 g/mol. The van der Waals surface area contributed by atoms with E-state index in [2.05, 4.69) is 15.6 Å². The van der Waals surface area contributed by atoms with Gasteiger partial charge in [-0.05, 0) is 49.1 Å². The highest BCUT2D eigenvalue weighted by Gasteiger charge is 2.45. The zero-order valence-electron chi connectivity index (χ0n) is 18.0. The lowest BCUT2D eigenvalue weighted by Crippen LogP contribution is -2.41. The molecular weight excluding hydrogens is 398 g/mol. The van der Waals surface area contributed by atoms with Crippen LogP contribution in [-0.2, 0) is 16.7 Å². The summed E-state index contributed by atoms with van der Waals surface area (Å²) in [6.45, 7) is 6.33. The molecule has 0 unspecified atom stereocenters. The molecule has 2 N–H and O–H groups in total. The van der Waals surface area contributed by atoms with Crippen LogP contribution in [0.5, 0.6) is 0 Å². The van der Waals surface area contributed by atoms with Gasteiger partial charge in [-0.25, -0.2) is 13.8 Å². The highest BCUT2D eigenvalue weighted by atomic mass is 19.1. The first-order chi connectivity index (χ1) is 15.1. The van der Waals surface area contributed by atoms with E-state index in [0.29, 0.717) is 57.6 Å². The summed E-state index contributed by atoms with van der Waals surface area (Å²) in [5.74, 6) is 0.270. The van der Waals surface area contributed by atoms with Crippen LogP contribution in [0.25, 0.3) is 0 Å². The number of halogens is 2. The van der Waals surface area contributed by atoms with Crippen molar-refractivity contribution in [1.82, 2.24) is 10.6 Å². The lowest BCUT2D eigenvalue weighted by atomic mass is 9.95. The maximum atomic E-state index is 14.6. The van der Waals surface area contributed by atoms with Gasteiger partial charge in [0.2, 0.25) is 0 Å². The van der Waals surface area contributed by atoms with E-state index in [4.69, 9.17) is 4.74 Å². The lowest BCUT2D eigenvalue weighted by Gasteiger charge is -2.29. The van der Waals surface area contributed by atoms with E-state index in [1.807, 2.05) is 36.1 Å². The molecule has 1 aliphatic carbocycles. The van der Waals surface area contributed by atoms with Gasteiger partial charge in [-0.3, -0.25) is 0 Å². The van der Waals surface area contributed by atoms with Crippen LogP contribution < -0.4 is 15.5 Å². The Morgan fingerprint density at radius 2 is 1.84 bits per heavy atom. The van der Waals surface area contributed by atoms with Crippen molar-refractivity contribution >= 4 is 11.6 Å². The van der Waals surface area contributed by atoms with E-state index >= 15 is 0 Å². The van der Waals surface area contributed by atoms with E-state index < -0.39 is 0 Å². The minimum atomic E-state index is -0.232. The van der Waals surface area contributed by atoms with Crippen molar-refractivity contribution in [1.29, 1.82) is 0 Å². The first-order valence-electron chi connectivity index (χ1n) is 11.0. The Morgan fingerprint density at radius 3 is 2.52 bits per heavy atom. The Hall–Kier alpha value is -2.67. The van der Waals surface area contributed by atoms with Crippen LogP contribution in [0.1, 0.15) is 30.9 Å². The molecule has 31 heavy (non-hydrogen) atoms. The maximum absolute atomic E-state index is 14.6. The minimum absolute atomic E-state index is 0.153. The summed E-state index contributed by atoms with van der Waals surface area (Å²) in [7, 11) is 0. The van der Waals surface area contributed by atoms with Crippen molar-refractivity contribution in [3.05, 3.63) is 65.2 Å². The van der Waals surface area contributed by atoms with Crippen LogP contribution >= 0.6 is 0 Å². The predicted octanol–water partition coefficient (Wildman–Crippen LogP) is 3.59. The fourth-order valence-corrected chi connectivity index (χ4v) is 4.06. The summed E-state index contributed by atoms with van der Waals surface area (Å²) in [4.78, 5) is 6.62. The number of nitrogens with one attached hydrogen (secondary N) is 2. The molecule has 166 valence electrons. The molecule has 0 bridgehead atoms. The van der Waals surface area contributed by atoms with E-state index in [-0.39, 0.29) is 17.0 Å². The normalized spacial score (nSPS) is 18.0. The zero-order chi connectivity index (χ0) is 21.7. The SMILES string of the molecule is CCNC(=NCc1ccc(N2CCOCC2)c(F)c1)NCC1(c2ccccc2F)CC1. The molecule has 0 atom stereocenters. The van der Waals surface area contributed by atoms with Crippen molar-refractivity contribution in [3.63, 3.8) is 0 Å². The number of hydrogen-bond donors (Lipinski definition) is 2. The molecule has 5 nitrogen and oxygen atoms in total. The van der Waals surface area contributed by atoms with Gasteiger partial charge in [0, 0.05) is 31.6 Å². The number of hydrogen-bond acceptors (Lipinski definition) is 3. The lowest BCUT2D eigenvalue weighted by molar-refractivity contribution is 0.122. The highest BCUT2D eigenvalue weighted by Crippen LogP contribution is 2.48. The van der Waals surface area contributed by atoms with E-state index in [0.717, 1.165) is 24.0 Å². The van der Waals surface area contributed by atoms with Gasteiger partial charge in [-0.2, -0.15) is 0 Å². The number of anilines is 1. The molecule has 1 aliphatic heterocycles. The van der Waals surface area contributed by atoms with Gasteiger partial charge in [0.1, 0.15) is 11.6 Å². The summed E-state index contributed by atoms with van der Waals surface area (Å²) >= 11 is 0. The van der Waals surface area contributed by atoms with Crippen molar-refractivity contribution in [2.24, 2.45) is 4.99 Å². The second-order valence-corrected chi connectivity index (χ2v) is 8.19. The van der Waals surface area contributed by atoms with Gasteiger partial charge in [0.25, 0.3) is 0 Å². The molecule has 0 amide bonds. The third kappa shape index (κ3) is 5.15. The van der Waals surface area contributed by atoms with Crippen LogP contribution in [0, 0.1) is 11.6 Å². The first-order valence-corrected chi connectivity index (χ1v) is 11.0. The summed E-state index contributed by atoms with van der Waals surface area (Å²) < 4.78 is 34.2. The van der Waals surface area contributed by atoms with Gasteiger partial charge in [0.15, 0.2) is 5.96 Å². The number of aliphatic imine (C=N–C) groups is 1. The molecule has 1 heterocycles. The van der Waals surface area contributed by atoms with E-state index in [9.17, 15) is 8.78 Å². The Kier molecular flexibility index (Phi) is 6.70. The summed E-state index contributed by atoms with van der Waals surface area (Å²) in [6.07, 6.45) is 1.91. The molecule has 7 heteroatoms. The second kappa shape index (κ2) is 9.64. The minimum Gasteiger partial charge on any atom is -0.378 e. The Bertz CT molecular complexity index is 924. The van der Waals surface area contributed by atoms with Gasteiger partial charge in [-0.15, -0.1) is 0 Å². The number of nitrogens with zero attached hydrogens (tertiary/aromatic N) is 2. The Morgan fingerprint density at radius 1 is 1.06 bits per heavy atom. The average molecular weight is 429 g/mol. The summed E-state index contributed by atoms with van der Waals surface area (Å²) in [5.41, 5.74) is 2.01. The van der Waals surface area contributed by atoms with Crippen LogP contribution in [-0.4, -0.2) is 45.4 Å².